The Bertz CT molecular complexity index is 1200. The molecule has 144 valence electrons. The number of fused-ring (bicyclic) bond motifs is 1. The number of ether oxygens (including phenoxy) is 1. The van der Waals surface area contributed by atoms with Crippen molar-refractivity contribution in [2.24, 2.45) is 0 Å². The van der Waals surface area contributed by atoms with Crippen LogP contribution in [0.1, 0.15) is 11.1 Å². The first-order valence-electron chi connectivity index (χ1n) is 9.03. The van der Waals surface area contributed by atoms with E-state index in [2.05, 4.69) is 5.32 Å². The molecule has 0 aromatic heterocycles. The number of benzene rings is 3. The lowest BCUT2D eigenvalue weighted by molar-refractivity contribution is -0.122. The highest BCUT2D eigenvalue weighted by Gasteiger charge is 2.36. The van der Waals surface area contributed by atoms with Gasteiger partial charge in [0, 0.05) is 5.39 Å². The summed E-state index contributed by atoms with van der Waals surface area (Å²) in [4.78, 5) is 38.9. The predicted molar refractivity (Wildman–Crippen MR) is 111 cm³/mol. The second kappa shape index (κ2) is 7.24. The molecule has 1 aliphatic heterocycles. The first kappa shape index (κ1) is 18.4. The Kier molecular flexibility index (Phi) is 4.60. The molecule has 0 atom stereocenters. The van der Waals surface area contributed by atoms with Gasteiger partial charge in [0.1, 0.15) is 11.3 Å². The molecule has 6 nitrogen and oxygen atoms in total. The maximum absolute atomic E-state index is 13.1. The molecular weight excluding hydrogens is 368 g/mol. The van der Waals surface area contributed by atoms with Crippen LogP contribution in [0.2, 0.25) is 0 Å². The second-order valence-corrected chi connectivity index (χ2v) is 6.70. The molecule has 0 unspecified atom stereocenters. The Labute approximate surface area is 167 Å². The number of barbiturate groups is 1. The molecular formula is C23H18N2O4. The number of methoxy groups -OCH3 is 1. The minimum atomic E-state index is -0.762. The van der Waals surface area contributed by atoms with E-state index < -0.39 is 17.8 Å². The van der Waals surface area contributed by atoms with E-state index in [0.29, 0.717) is 17.0 Å². The van der Waals surface area contributed by atoms with Crippen LogP contribution in [0, 0.1) is 6.92 Å². The van der Waals surface area contributed by atoms with Gasteiger partial charge in [0.15, 0.2) is 0 Å². The summed E-state index contributed by atoms with van der Waals surface area (Å²) in [5.74, 6) is -0.688. The number of carbonyl (C=O) groups excluding carboxylic acids is 3. The third kappa shape index (κ3) is 3.25. The molecule has 1 fully saturated rings. The van der Waals surface area contributed by atoms with Crippen molar-refractivity contribution in [2.45, 2.75) is 6.92 Å². The lowest BCUT2D eigenvalue weighted by Gasteiger charge is -2.26. The van der Waals surface area contributed by atoms with Gasteiger partial charge in [-0.2, -0.15) is 0 Å². The Morgan fingerprint density at radius 3 is 2.41 bits per heavy atom. The van der Waals surface area contributed by atoms with E-state index in [1.807, 2.05) is 37.3 Å². The molecule has 3 aromatic rings. The molecule has 4 amide bonds. The van der Waals surface area contributed by atoms with Gasteiger partial charge in [-0.3, -0.25) is 14.9 Å². The molecule has 1 saturated heterocycles. The van der Waals surface area contributed by atoms with Crippen molar-refractivity contribution in [3.8, 4) is 5.75 Å². The molecule has 6 heteroatoms. The highest BCUT2D eigenvalue weighted by Crippen LogP contribution is 2.30. The Morgan fingerprint density at radius 2 is 1.69 bits per heavy atom. The van der Waals surface area contributed by atoms with Crippen molar-refractivity contribution in [1.82, 2.24) is 5.32 Å². The van der Waals surface area contributed by atoms with Gasteiger partial charge in [-0.25, -0.2) is 9.69 Å². The van der Waals surface area contributed by atoms with Crippen molar-refractivity contribution in [3.05, 3.63) is 77.4 Å². The number of hydrogen-bond acceptors (Lipinski definition) is 4. The van der Waals surface area contributed by atoms with Crippen LogP contribution in [0.25, 0.3) is 16.8 Å². The smallest absolute Gasteiger partial charge is 0.335 e. The number of hydrogen-bond donors (Lipinski definition) is 1. The second-order valence-electron chi connectivity index (χ2n) is 6.70. The van der Waals surface area contributed by atoms with E-state index in [0.717, 1.165) is 21.2 Å². The summed E-state index contributed by atoms with van der Waals surface area (Å²) in [6, 6.07) is 17.3. The zero-order chi connectivity index (χ0) is 20.5. The topological polar surface area (TPSA) is 75.7 Å². The summed E-state index contributed by atoms with van der Waals surface area (Å²) in [5.41, 5.74) is 1.87. The predicted octanol–water partition coefficient (Wildman–Crippen LogP) is 3.82. The van der Waals surface area contributed by atoms with Crippen molar-refractivity contribution >= 4 is 40.4 Å². The van der Waals surface area contributed by atoms with Gasteiger partial charge < -0.3 is 4.74 Å². The van der Waals surface area contributed by atoms with Gasteiger partial charge >= 0.3 is 6.03 Å². The molecule has 1 aliphatic rings. The molecule has 1 heterocycles. The number of imide groups is 2. The van der Waals surface area contributed by atoms with E-state index in [9.17, 15) is 14.4 Å². The summed E-state index contributed by atoms with van der Waals surface area (Å²) in [7, 11) is 1.59. The largest absolute Gasteiger partial charge is 0.496 e. The number of aryl methyl sites for hydroxylation is 1. The maximum Gasteiger partial charge on any atom is 0.335 e. The monoisotopic (exact) mass is 386 g/mol. The number of carbonyl (C=O) groups is 3. The first-order valence-corrected chi connectivity index (χ1v) is 9.03. The molecule has 0 spiro atoms. The minimum absolute atomic E-state index is 0.110. The molecule has 3 aromatic carbocycles. The van der Waals surface area contributed by atoms with Crippen LogP contribution in [-0.4, -0.2) is 25.0 Å². The number of urea groups is 1. The van der Waals surface area contributed by atoms with Crippen molar-refractivity contribution in [1.29, 1.82) is 0 Å². The van der Waals surface area contributed by atoms with E-state index in [4.69, 9.17) is 4.74 Å². The summed E-state index contributed by atoms with van der Waals surface area (Å²) in [6.45, 7) is 1.86. The van der Waals surface area contributed by atoms with Crippen LogP contribution < -0.4 is 15.0 Å². The molecule has 4 rings (SSSR count). The van der Waals surface area contributed by atoms with Crippen LogP contribution >= 0.6 is 0 Å². The number of rotatable bonds is 3. The third-order valence-corrected chi connectivity index (χ3v) is 4.80. The van der Waals surface area contributed by atoms with Crippen LogP contribution in [0.4, 0.5) is 10.5 Å². The van der Waals surface area contributed by atoms with Crippen LogP contribution in [0.3, 0.4) is 0 Å². The van der Waals surface area contributed by atoms with E-state index in [1.54, 1.807) is 37.4 Å². The molecule has 0 aliphatic carbocycles. The molecule has 0 radical (unpaired) electrons. The third-order valence-electron chi connectivity index (χ3n) is 4.80. The average molecular weight is 386 g/mol. The van der Waals surface area contributed by atoms with Gasteiger partial charge in [0.25, 0.3) is 11.8 Å². The highest BCUT2D eigenvalue weighted by atomic mass is 16.5. The van der Waals surface area contributed by atoms with Crippen molar-refractivity contribution in [2.75, 3.05) is 12.0 Å². The van der Waals surface area contributed by atoms with Gasteiger partial charge in [-0.15, -0.1) is 0 Å². The summed E-state index contributed by atoms with van der Waals surface area (Å²) in [6.07, 6.45) is 1.51. The highest BCUT2D eigenvalue weighted by molar-refractivity contribution is 6.39. The average Bonchev–Trinajstić information content (AvgIpc) is 2.71. The molecule has 0 saturated carbocycles. The van der Waals surface area contributed by atoms with Crippen molar-refractivity contribution in [3.63, 3.8) is 0 Å². The van der Waals surface area contributed by atoms with Crippen LogP contribution in [-0.2, 0) is 9.59 Å². The standard InChI is InChI=1S/C23H18N2O4/c1-14-6-5-7-16(12-14)25-22(27)19(21(26)24-23(25)28)13-15-10-11-20(29-2)18-9-4-3-8-17(15)18/h3-13H,1-2H3,(H,24,26,28)/b19-13+. The Balaban J connectivity index is 1.83. The normalized spacial score (nSPS) is 15.7. The molecule has 0 bridgehead atoms. The van der Waals surface area contributed by atoms with E-state index in [1.165, 1.54) is 6.08 Å². The fraction of sp³-hybridized carbons (Fsp3) is 0.0870. The number of amides is 4. The van der Waals surface area contributed by atoms with Crippen LogP contribution in [0.15, 0.2) is 66.2 Å². The SMILES string of the molecule is COc1ccc(/C=C2\C(=O)NC(=O)N(c3cccc(C)c3)C2=O)c2ccccc12. The van der Waals surface area contributed by atoms with Crippen LogP contribution in [0.5, 0.6) is 5.75 Å². The lowest BCUT2D eigenvalue weighted by Crippen LogP contribution is -2.54. The molecule has 29 heavy (non-hydrogen) atoms. The zero-order valence-corrected chi connectivity index (χ0v) is 15.9. The fourth-order valence-electron chi connectivity index (χ4n) is 3.41. The number of nitrogens with zero attached hydrogens (tertiary/aromatic N) is 1. The summed E-state index contributed by atoms with van der Waals surface area (Å²) >= 11 is 0. The van der Waals surface area contributed by atoms with Gasteiger partial charge in [0.2, 0.25) is 0 Å². The Hall–Kier alpha value is -3.93. The summed E-state index contributed by atoms with van der Waals surface area (Å²) < 4.78 is 5.40. The maximum atomic E-state index is 13.1. The first-order chi connectivity index (χ1) is 14.0. The fourth-order valence-corrected chi connectivity index (χ4v) is 3.41. The molecule has 1 N–H and O–H groups in total. The number of anilines is 1. The van der Waals surface area contributed by atoms with Crippen molar-refractivity contribution < 1.29 is 19.1 Å². The number of nitrogens with one attached hydrogen (secondary N) is 1. The van der Waals surface area contributed by atoms with Gasteiger partial charge in [0.05, 0.1) is 12.8 Å². The Morgan fingerprint density at radius 1 is 0.931 bits per heavy atom. The van der Waals surface area contributed by atoms with Gasteiger partial charge in [-0.05, 0) is 47.7 Å². The quantitative estimate of drug-likeness (QED) is 0.548. The van der Waals surface area contributed by atoms with E-state index in [-0.39, 0.29) is 5.57 Å². The summed E-state index contributed by atoms with van der Waals surface area (Å²) in [5, 5.41) is 3.95. The lowest BCUT2D eigenvalue weighted by atomic mass is 10.00. The zero-order valence-electron chi connectivity index (χ0n) is 15.9. The van der Waals surface area contributed by atoms with E-state index >= 15 is 0 Å². The minimum Gasteiger partial charge on any atom is -0.496 e. The van der Waals surface area contributed by atoms with Gasteiger partial charge in [-0.1, -0.05) is 42.5 Å².